The van der Waals surface area contributed by atoms with Gasteiger partial charge in [-0.2, -0.15) is 0 Å². The molecule has 0 atom stereocenters. The van der Waals surface area contributed by atoms with Crippen molar-refractivity contribution in [3.8, 4) is 0 Å². The van der Waals surface area contributed by atoms with E-state index in [4.69, 9.17) is 11.6 Å². The second kappa shape index (κ2) is 11.1. The van der Waals surface area contributed by atoms with Gasteiger partial charge in [0, 0.05) is 71.9 Å². The molecule has 1 aromatic heterocycles. The number of aromatic amines is 1. The Labute approximate surface area is 223 Å². The molecule has 0 unspecified atom stereocenters. The van der Waals surface area contributed by atoms with Crippen molar-refractivity contribution in [2.75, 3.05) is 50.0 Å². The zero-order valence-corrected chi connectivity index (χ0v) is 22.4. The first-order valence-electron chi connectivity index (χ1n) is 12.5. The van der Waals surface area contributed by atoms with Crippen molar-refractivity contribution in [2.24, 2.45) is 0 Å². The Morgan fingerprint density at radius 3 is 2.30 bits per heavy atom. The number of aryl methyl sites for hydroxylation is 1. The van der Waals surface area contributed by atoms with E-state index >= 15 is 0 Å². The number of benzene rings is 3. The standard InChI is InChI=1S/C28H32ClN5O2S/c1-33-15-17-34(18-16-33)25-9-5-23(6-10-25)32-24-7-11-26(12-8-24)37(35,36)31-14-2-3-21-20-30-28-13-4-22(29)19-27(21)28/h4-13,19-20,30-32H,2-3,14-18H2,1H3. The second-order valence-corrected chi connectivity index (χ2v) is 11.7. The van der Waals surface area contributed by atoms with Crippen molar-refractivity contribution >= 4 is 49.6 Å². The molecule has 0 saturated carbocycles. The average molecular weight is 538 g/mol. The Morgan fingerprint density at radius 2 is 1.59 bits per heavy atom. The van der Waals surface area contributed by atoms with Gasteiger partial charge in [-0.25, -0.2) is 13.1 Å². The van der Waals surface area contributed by atoms with Crippen LogP contribution < -0.4 is 14.9 Å². The second-order valence-electron chi connectivity index (χ2n) is 9.49. The predicted octanol–water partition coefficient (Wildman–Crippen LogP) is 5.23. The van der Waals surface area contributed by atoms with Crippen LogP contribution in [-0.4, -0.2) is 58.1 Å². The van der Waals surface area contributed by atoms with Crippen molar-refractivity contribution in [1.29, 1.82) is 0 Å². The molecular weight excluding hydrogens is 506 g/mol. The van der Waals surface area contributed by atoms with Crippen LogP contribution in [0.15, 0.2) is 77.8 Å². The monoisotopic (exact) mass is 537 g/mol. The topological polar surface area (TPSA) is 80.5 Å². The average Bonchev–Trinajstić information content (AvgIpc) is 3.30. The predicted molar refractivity (Wildman–Crippen MR) is 153 cm³/mol. The maximum Gasteiger partial charge on any atom is 0.240 e. The lowest BCUT2D eigenvalue weighted by Crippen LogP contribution is -2.44. The fraction of sp³-hybridized carbons (Fsp3) is 0.286. The highest BCUT2D eigenvalue weighted by molar-refractivity contribution is 7.89. The van der Waals surface area contributed by atoms with E-state index in [0.717, 1.165) is 60.4 Å². The van der Waals surface area contributed by atoms with Crippen molar-refractivity contribution in [3.05, 3.63) is 83.5 Å². The van der Waals surface area contributed by atoms with Crippen molar-refractivity contribution in [1.82, 2.24) is 14.6 Å². The number of piperazine rings is 1. The molecule has 1 aliphatic rings. The molecule has 3 aromatic carbocycles. The van der Waals surface area contributed by atoms with Crippen LogP contribution in [0.3, 0.4) is 0 Å². The summed E-state index contributed by atoms with van der Waals surface area (Å²) in [4.78, 5) is 8.22. The maximum absolute atomic E-state index is 12.8. The van der Waals surface area contributed by atoms with Crippen LogP contribution in [0.5, 0.6) is 0 Å². The number of fused-ring (bicyclic) bond motifs is 1. The van der Waals surface area contributed by atoms with Crippen molar-refractivity contribution in [2.45, 2.75) is 17.7 Å². The van der Waals surface area contributed by atoms with Crippen LogP contribution in [0.4, 0.5) is 17.1 Å². The van der Waals surface area contributed by atoms with Gasteiger partial charge in [0.15, 0.2) is 0 Å². The number of sulfonamides is 1. The van der Waals surface area contributed by atoms with Gasteiger partial charge in [-0.3, -0.25) is 0 Å². The van der Waals surface area contributed by atoms with Gasteiger partial charge in [-0.05, 0) is 92.2 Å². The third-order valence-corrected chi connectivity index (χ3v) is 8.55. The highest BCUT2D eigenvalue weighted by Crippen LogP contribution is 2.24. The number of hydrogen-bond donors (Lipinski definition) is 3. The number of hydrogen-bond acceptors (Lipinski definition) is 5. The minimum atomic E-state index is -3.58. The number of H-pyrrole nitrogens is 1. The Balaban J connectivity index is 1.13. The van der Waals surface area contributed by atoms with E-state index in [1.165, 1.54) is 5.69 Å². The molecule has 5 rings (SSSR count). The summed E-state index contributed by atoms with van der Waals surface area (Å²) >= 11 is 6.12. The lowest BCUT2D eigenvalue weighted by molar-refractivity contribution is 0.313. The summed E-state index contributed by atoms with van der Waals surface area (Å²) in [6, 6.07) is 20.9. The number of anilines is 3. The van der Waals surface area contributed by atoms with Crippen LogP contribution in [0.1, 0.15) is 12.0 Å². The summed E-state index contributed by atoms with van der Waals surface area (Å²) in [5.41, 5.74) is 5.18. The van der Waals surface area contributed by atoms with Crippen LogP contribution in [0.25, 0.3) is 10.9 Å². The summed E-state index contributed by atoms with van der Waals surface area (Å²) in [6.07, 6.45) is 3.39. The molecule has 37 heavy (non-hydrogen) atoms. The van der Waals surface area contributed by atoms with Gasteiger partial charge < -0.3 is 20.1 Å². The minimum absolute atomic E-state index is 0.252. The summed E-state index contributed by atoms with van der Waals surface area (Å²) < 4.78 is 28.2. The molecule has 1 fully saturated rings. The van der Waals surface area contributed by atoms with Crippen molar-refractivity contribution in [3.63, 3.8) is 0 Å². The number of aromatic nitrogens is 1. The van der Waals surface area contributed by atoms with E-state index in [9.17, 15) is 8.42 Å². The Morgan fingerprint density at radius 1 is 0.919 bits per heavy atom. The third-order valence-electron chi connectivity index (χ3n) is 6.83. The molecule has 1 aliphatic heterocycles. The van der Waals surface area contributed by atoms with E-state index in [1.54, 1.807) is 24.3 Å². The lowest BCUT2D eigenvalue weighted by Gasteiger charge is -2.34. The molecule has 7 nitrogen and oxygen atoms in total. The fourth-order valence-electron chi connectivity index (χ4n) is 4.63. The first kappa shape index (κ1) is 25.6. The van der Waals surface area contributed by atoms with E-state index in [0.29, 0.717) is 18.0 Å². The molecule has 194 valence electrons. The van der Waals surface area contributed by atoms with Gasteiger partial charge in [-0.15, -0.1) is 0 Å². The van der Waals surface area contributed by atoms with Crippen LogP contribution >= 0.6 is 11.6 Å². The Bertz CT molecular complexity index is 1440. The molecule has 3 N–H and O–H groups in total. The van der Waals surface area contributed by atoms with E-state index in [-0.39, 0.29) is 4.90 Å². The van der Waals surface area contributed by atoms with Gasteiger partial charge >= 0.3 is 0 Å². The zero-order chi connectivity index (χ0) is 25.8. The molecule has 0 aliphatic carbocycles. The molecule has 0 spiro atoms. The molecule has 0 radical (unpaired) electrons. The summed E-state index contributed by atoms with van der Waals surface area (Å²) in [6.45, 7) is 4.57. The number of nitrogens with zero attached hydrogens (tertiary/aromatic N) is 2. The van der Waals surface area contributed by atoms with E-state index in [2.05, 4.69) is 56.1 Å². The minimum Gasteiger partial charge on any atom is -0.369 e. The first-order valence-corrected chi connectivity index (χ1v) is 14.4. The molecule has 0 amide bonds. The van der Waals surface area contributed by atoms with E-state index in [1.807, 2.05) is 24.4 Å². The van der Waals surface area contributed by atoms with E-state index < -0.39 is 10.0 Å². The number of nitrogens with one attached hydrogen (secondary N) is 3. The Hall–Kier alpha value is -3.04. The molecule has 9 heteroatoms. The van der Waals surface area contributed by atoms with Gasteiger partial charge in [0.05, 0.1) is 4.90 Å². The molecule has 1 saturated heterocycles. The summed E-state index contributed by atoms with van der Waals surface area (Å²) in [7, 11) is -1.42. The van der Waals surface area contributed by atoms with Gasteiger partial charge in [0.25, 0.3) is 0 Å². The first-order chi connectivity index (χ1) is 17.9. The lowest BCUT2D eigenvalue weighted by atomic mass is 10.1. The molecule has 4 aromatic rings. The molecular formula is C28H32ClN5O2S. The number of halogens is 1. The SMILES string of the molecule is CN1CCN(c2ccc(Nc3ccc(S(=O)(=O)NCCCc4c[nH]c5ccc(Cl)cc45)cc3)cc2)CC1. The van der Waals surface area contributed by atoms with Gasteiger partial charge in [0.1, 0.15) is 0 Å². The highest BCUT2D eigenvalue weighted by Gasteiger charge is 2.15. The van der Waals surface area contributed by atoms with Crippen LogP contribution in [0.2, 0.25) is 5.02 Å². The molecule has 0 bridgehead atoms. The highest BCUT2D eigenvalue weighted by atomic mass is 35.5. The van der Waals surface area contributed by atoms with Gasteiger partial charge in [-0.1, -0.05) is 11.6 Å². The largest absolute Gasteiger partial charge is 0.369 e. The third kappa shape index (κ3) is 6.27. The van der Waals surface area contributed by atoms with Crippen molar-refractivity contribution < 1.29 is 8.42 Å². The quantitative estimate of drug-likeness (QED) is 0.255. The summed E-state index contributed by atoms with van der Waals surface area (Å²) in [5.74, 6) is 0. The normalized spacial score (nSPS) is 14.8. The molecule has 2 heterocycles. The number of likely N-dealkylation sites (N-methyl/N-ethyl adjacent to an activating group) is 1. The zero-order valence-electron chi connectivity index (χ0n) is 20.9. The smallest absolute Gasteiger partial charge is 0.240 e. The van der Waals surface area contributed by atoms with Crippen LogP contribution in [0, 0.1) is 0 Å². The Kier molecular flexibility index (Phi) is 7.71. The summed E-state index contributed by atoms with van der Waals surface area (Å²) in [5, 5.41) is 5.12. The number of rotatable bonds is 9. The van der Waals surface area contributed by atoms with Gasteiger partial charge in [0.2, 0.25) is 10.0 Å². The maximum atomic E-state index is 12.8. The fourth-order valence-corrected chi connectivity index (χ4v) is 5.88. The van der Waals surface area contributed by atoms with Crippen LogP contribution in [-0.2, 0) is 16.4 Å².